The molecule has 1 aromatic heterocycles. The molecule has 1 atom stereocenters. The van der Waals surface area contributed by atoms with Gasteiger partial charge in [0, 0.05) is 18.3 Å². The molecule has 1 saturated heterocycles. The third kappa shape index (κ3) is 3.71. The van der Waals surface area contributed by atoms with Crippen molar-refractivity contribution < 1.29 is 4.74 Å². The Labute approximate surface area is 110 Å². The minimum Gasteiger partial charge on any atom is -0.372 e. The molecule has 1 aromatic rings. The molecule has 1 fully saturated rings. The Hall–Kier alpha value is -0.130. The quantitative estimate of drug-likeness (QED) is 0.682. The molecular weight excluding hydrogens is 272 g/mol. The number of nitrogens with one attached hydrogen (secondary N) is 1. The van der Waals surface area contributed by atoms with Crippen LogP contribution in [0.2, 0.25) is 10.4 Å². The Morgan fingerprint density at radius 1 is 1.50 bits per heavy atom. The van der Waals surface area contributed by atoms with Crippen molar-refractivity contribution >= 4 is 35.6 Å². The molecule has 0 amide bonds. The molecule has 1 N–H and O–H groups in total. The molecule has 0 radical (unpaired) electrons. The Morgan fingerprint density at radius 2 is 2.31 bits per heavy atom. The van der Waals surface area contributed by atoms with E-state index in [1.807, 2.05) is 0 Å². The van der Waals surface area contributed by atoms with Gasteiger partial charge in [-0.15, -0.1) is 12.4 Å². The fourth-order valence-corrected chi connectivity index (χ4v) is 1.80. The zero-order chi connectivity index (χ0) is 10.7. The molecule has 7 heteroatoms. The Balaban J connectivity index is 0.00000128. The van der Waals surface area contributed by atoms with Crippen LogP contribution in [0.5, 0.6) is 0 Å². The summed E-state index contributed by atoms with van der Waals surface area (Å²) in [5.41, 5.74) is 0.771. The topological polar surface area (TPSA) is 47.0 Å². The number of halogens is 3. The second-order valence-electron chi connectivity index (χ2n) is 3.38. The fourth-order valence-electron chi connectivity index (χ4n) is 1.44. The fraction of sp³-hybridized carbons (Fsp3) is 0.556. The van der Waals surface area contributed by atoms with Crippen LogP contribution in [0.25, 0.3) is 0 Å². The van der Waals surface area contributed by atoms with Crippen LogP contribution in [-0.2, 0) is 11.3 Å². The van der Waals surface area contributed by atoms with E-state index in [0.717, 1.165) is 25.1 Å². The normalized spacial score (nSPS) is 19.5. The van der Waals surface area contributed by atoms with Crippen molar-refractivity contribution in [3.05, 3.63) is 22.2 Å². The van der Waals surface area contributed by atoms with Gasteiger partial charge < -0.3 is 10.1 Å². The summed E-state index contributed by atoms with van der Waals surface area (Å²) in [4.78, 5) is 7.70. The zero-order valence-corrected chi connectivity index (χ0v) is 10.8. The number of aromatic nitrogens is 2. The van der Waals surface area contributed by atoms with E-state index >= 15 is 0 Å². The average Bonchev–Trinajstić information content (AvgIpc) is 2.69. The Kier molecular flexibility index (Phi) is 5.72. The van der Waals surface area contributed by atoms with Crippen LogP contribution in [0.4, 0.5) is 0 Å². The maximum Gasteiger partial charge on any atom is 0.223 e. The van der Waals surface area contributed by atoms with Crippen molar-refractivity contribution in [3.8, 4) is 0 Å². The Bertz CT molecular complexity index is 345. The molecule has 4 nitrogen and oxygen atoms in total. The zero-order valence-electron chi connectivity index (χ0n) is 8.45. The number of nitrogens with zero attached hydrogens (tertiary/aromatic N) is 2. The first-order chi connectivity index (χ1) is 7.25. The maximum absolute atomic E-state index is 5.88. The van der Waals surface area contributed by atoms with Crippen LogP contribution in [0.3, 0.4) is 0 Å². The molecule has 2 heterocycles. The summed E-state index contributed by atoms with van der Waals surface area (Å²) in [6.45, 7) is 2.34. The second-order valence-corrected chi connectivity index (χ2v) is 4.08. The van der Waals surface area contributed by atoms with Crippen LogP contribution in [-0.4, -0.2) is 29.2 Å². The first-order valence-electron chi connectivity index (χ1n) is 4.75. The lowest BCUT2D eigenvalue weighted by Gasteiger charge is -2.10. The van der Waals surface area contributed by atoms with Crippen LogP contribution in [0, 0.1) is 0 Å². The molecule has 1 unspecified atom stereocenters. The lowest BCUT2D eigenvalue weighted by Crippen LogP contribution is -2.16. The molecule has 0 aliphatic carbocycles. The van der Waals surface area contributed by atoms with Crippen LogP contribution in [0.15, 0.2) is 6.20 Å². The van der Waals surface area contributed by atoms with Gasteiger partial charge in [0.2, 0.25) is 5.28 Å². The highest BCUT2D eigenvalue weighted by Crippen LogP contribution is 2.16. The monoisotopic (exact) mass is 283 g/mol. The summed E-state index contributed by atoms with van der Waals surface area (Å²) < 4.78 is 5.64. The molecule has 0 saturated carbocycles. The van der Waals surface area contributed by atoms with Gasteiger partial charge in [0.25, 0.3) is 0 Å². The Morgan fingerprint density at radius 3 is 2.94 bits per heavy atom. The van der Waals surface area contributed by atoms with Gasteiger partial charge in [0.1, 0.15) is 5.15 Å². The number of ether oxygens (including phenoxy) is 1. The van der Waals surface area contributed by atoms with Gasteiger partial charge in [-0.05, 0) is 24.6 Å². The van der Waals surface area contributed by atoms with Crippen molar-refractivity contribution in [3.63, 3.8) is 0 Å². The van der Waals surface area contributed by atoms with Gasteiger partial charge in [0.05, 0.1) is 12.7 Å². The third-order valence-corrected chi connectivity index (χ3v) is 2.78. The van der Waals surface area contributed by atoms with Crippen molar-refractivity contribution in [1.82, 2.24) is 15.3 Å². The maximum atomic E-state index is 5.88. The molecule has 2 rings (SSSR count). The lowest BCUT2D eigenvalue weighted by atomic mass is 10.3. The molecule has 1 aliphatic heterocycles. The molecule has 16 heavy (non-hydrogen) atoms. The van der Waals surface area contributed by atoms with Crippen LogP contribution in [0.1, 0.15) is 12.0 Å². The van der Waals surface area contributed by atoms with Crippen molar-refractivity contribution in [2.45, 2.75) is 19.1 Å². The van der Waals surface area contributed by atoms with E-state index in [9.17, 15) is 0 Å². The van der Waals surface area contributed by atoms with E-state index in [-0.39, 0.29) is 23.8 Å². The highest BCUT2D eigenvalue weighted by Gasteiger charge is 2.15. The molecule has 0 aromatic carbocycles. The van der Waals surface area contributed by atoms with Crippen molar-refractivity contribution in [1.29, 1.82) is 0 Å². The summed E-state index contributed by atoms with van der Waals surface area (Å²) in [6.07, 6.45) is 2.89. The second kappa shape index (κ2) is 6.57. The van der Waals surface area contributed by atoms with Crippen molar-refractivity contribution in [2.24, 2.45) is 0 Å². The SMILES string of the molecule is Cl.Clc1ncc(COC2CCNC2)c(Cl)n1. The van der Waals surface area contributed by atoms with E-state index in [2.05, 4.69) is 15.3 Å². The number of hydrogen-bond donors (Lipinski definition) is 1. The minimum atomic E-state index is 0. The predicted octanol–water partition coefficient (Wildman–Crippen LogP) is 2.08. The van der Waals surface area contributed by atoms with Gasteiger partial charge in [-0.25, -0.2) is 9.97 Å². The van der Waals surface area contributed by atoms with Gasteiger partial charge >= 0.3 is 0 Å². The lowest BCUT2D eigenvalue weighted by molar-refractivity contribution is 0.0539. The summed E-state index contributed by atoms with van der Waals surface area (Å²) >= 11 is 11.5. The van der Waals surface area contributed by atoms with E-state index in [1.54, 1.807) is 6.20 Å². The van der Waals surface area contributed by atoms with Gasteiger partial charge in [0.15, 0.2) is 0 Å². The molecule has 0 spiro atoms. The third-order valence-electron chi connectivity index (χ3n) is 2.27. The van der Waals surface area contributed by atoms with Crippen LogP contribution >= 0.6 is 35.6 Å². The van der Waals surface area contributed by atoms with E-state index in [1.165, 1.54) is 0 Å². The standard InChI is InChI=1S/C9H11Cl2N3O.ClH/c10-8-6(3-13-9(11)14-8)5-15-7-1-2-12-4-7;/h3,7,12H,1-2,4-5H2;1H. The van der Waals surface area contributed by atoms with Gasteiger partial charge in [-0.1, -0.05) is 11.6 Å². The summed E-state index contributed by atoms with van der Waals surface area (Å²) in [5.74, 6) is 0. The largest absolute Gasteiger partial charge is 0.372 e. The molecule has 90 valence electrons. The first-order valence-corrected chi connectivity index (χ1v) is 5.50. The van der Waals surface area contributed by atoms with Gasteiger partial charge in [-0.3, -0.25) is 0 Å². The molecule has 1 aliphatic rings. The smallest absolute Gasteiger partial charge is 0.223 e. The van der Waals surface area contributed by atoms with E-state index < -0.39 is 0 Å². The average molecular weight is 285 g/mol. The summed E-state index contributed by atoms with van der Waals surface area (Å²) in [7, 11) is 0. The first kappa shape index (κ1) is 13.9. The summed E-state index contributed by atoms with van der Waals surface area (Å²) in [5, 5.41) is 3.74. The highest BCUT2D eigenvalue weighted by molar-refractivity contribution is 6.32. The van der Waals surface area contributed by atoms with Crippen LogP contribution < -0.4 is 5.32 Å². The highest BCUT2D eigenvalue weighted by atomic mass is 35.5. The number of rotatable bonds is 3. The predicted molar refractivity (Wildman–Crippen MR) is 65.4 cm³/mol. The van der Waals surface area contributed by atoms with E-state index in [4.69, 9.17) is 27.9 Å². The molecule has 0 bridgehead atoms. The number of hydrogen-bond acceptors (Lipinski definition) is 4. The summed E-state index contributed by atoms with van der Waals surface area (Å²) in [6, 6.07) is 0. The molecular formula is C9H12Cl3N3O. The van der Waals surface area contributed by atoms with E-state index in [0.29, 0.717) is 11.8 Å². The van der Waals surface area contributed by atoms with Crippen molar-refractivity contribution in [2.75, 3.05) is 13.1 Å². The minimum absolute atomic E-state index is 0. The van der Waals surface area contributed by atoms with Gasteiger partial charge in [-0.2, -0.15) is 0 Å².